The van der Waals surface area contributed by atoms with E-state index in [1.807, 2.05) is 26.0 Å². The zero-order valence-corrected chi connectivity index (χ0v) is 15.8. The summed E-state index contributed by atoms with van der Waals surface area (Å²) in [7, 11) is 0. The molecular formula is C22H21NO5. The molecule has 28 heavy (non-hydrogen) atoms. The van der Waals surface area contributed by atoms with E-state index in [2.05, 4.69) is 5.32 Å². The normalized spacial score (nSPS) is 11.8. The molecule has 6 heteroatoms. The van der Waals surface area contributed by atoms with Gasteiger partial charge in [-0.05, 0) is 38.5 Å². The molecule has 0 aliphatic rings. The number of rotatable bonds is 4. The van der Waals surface area contributed by atoms with Crippen molar-refractivity contribution in [2.24, 2.45) is 0 Å². The zero-order valence-electron chi connectivity index (χ0n) is 15.8. The van der Waals surface area contributed by atoms with Gasteiger partial charge in [-0.15, -0.1) is 0 Å². The maximum Gasteiger partial charge on any atom is 0.342 e. The first kappa shape index (κ1) is 19.2. The highest BCUT2D eigenvalue weighted by molar-refractivity contribution is 6.05. The highest BCUT2D eigenvalue weighted by atomic mass is 16.5. The maximum absolute atomic E-state index is 12.5. The molecule has 0 aliphatic carbocycles. The Bertz CT molecular complexity index is 1070. The Balaban J connectivity index is 1.78. The minimum Gasteiger partial charge on any atom is -0.507 e. The minimum atomic E-state index is -1.10. The summed E-state index contributed by atoms with van der Waals surface area (Å²) in [6.07, 6.45) is -1.10. The van der Waals surface area contributed by atoms with Crippen LogP contribution >= 0.6 is 0 Å². The first-order chi connectivity index (χ1) is 13.3. The molecule has 0 saturated heterocycles. The van der Waals surface area contributed by atoms with Gasteiger partial charge in [0.15, 0.2) is 6.10 Å². The topological polar surface area (TPSA) is 95.9 Å². The Hall–Kier alpha value is -3.54. The number of esters is 1. The molecule has 0 fully saturated rings. The molecular weight excluding hydrogens is 358 g/mol. The van der Waals surface area contributed by atoms with E-state index in [1.165, 1.54) is 6.92 Å². The van der Waals surface area contributed by atoms with Gasteiger partial charge in [0.25, 0.3) is 5.91 Å². The van der Waals surface area contributed by atoms with Crippen molar-refractivity contribution in [2.75, 3.05) is 5.32 Å². The quantitative estimate of drug-likeness (QED) is 0.469. The number of carbonyl (C=O) groups excluding carboxylic acids is 2. The lowest BCUT2D eigenvalue weighted by molar-refractivity contribution is -0.123. The Kier molecular flexibility index (Phi) is 5.22. The second-order valence-electron chi connectivity index (χ2n) is 6.69. The first-order valence-electron chi connectivity index (χ1n) is 8.80. The molecule has 0 heterocycles. The largest absolute Gasteiger partial charge is 0.507 e. The predicted octanol–water partition coefficient (Wildman–Crippen LogP) is 4.05. The van der Waals surface area contributed by atoms with Crippen LogP contribution in [0.3, 0.4) is 0 Å². The van der Waals surface area contributed by atoms with Crippen LogP contribution in [0.1, 0.15) is 28.4 Å². The molecule has 3 aromatic rings. The smallest absolute Gasteiger partial charge is 0.342 e. The molecule has 0 radical (unpaired) electrons. The van der Waals surface area contributed by atoms with Gasteiger partial charge >= 0.3 is 5.97 Å². The van der Waals surface area contributed by atoms with Crippen LogP contribution in [0.2, 0.25) is 0 Å². The number of aryl methyl sites for hydroxylation is 2. The molecule has 0 unspecified atom stereocenters. The highest BCUT2D eigenvalue weighted by Gasteiger charge is 2.23. The lowest BCUT2D eigenvalue weighted by Crippen LogP contribution is -2.30. The van der Waals surface area contributed by atoms with Crippen LogP contribution in [0.4, 0.5) is 5.69 Å². The lowest BCUT2D eigenvalue weighted by Gasteiger charge is -2.16. The standard InChI is InChI=1S/C22H21NO5/c1-12-8-9-18(13(2)10-12)23-21(26)14(3)28-22(27)17-11-19(24)15-6-4-5-7-16(15)20(17)25/h4-11,14,24-25H,1-3H3,(H,23,26)/t14-/m1/s1. The number of amides is 1. The van der Waals surface area contributed by atoms with Gasteiger partial charge in [-0.25, -0.2) is 4.79 Å². The van der Waals surface area contributed by atoms with E-state index in [9.17, 15) is 19.8 Å². The van der Waals surface area contributed by atoms with Gasteiger partial charge in [-0.2, -0.15) is 0 Å². The van der Waals surface area contributed by atoms with Crippen LogP contribution in [0.5, 0.6) is 11.5 Å². The van der Waals surface area contributed by atoms with Crippen molar-refractivity contribution in [2.45, 2.75) is 26.9 Å². The number of fused-ring (bicyclic) bond motifs is 1. The molecule has 3 rings (SSSR count). The summed E-state index contributed by atoms with van der Waals surface area (Å²) < 4.78 is 5.20. The Labute approximate surface area is 162 Å². The fraction of sp³-hybridized carbons (Fsp3) is 0.182. The summed E-state index contributed by atoms with van der Waals surface area (Å²) in [4.78, 5) is 24.8. The molecule has 1 amide bonds. The predicted molar refractivity (Wildman–Crippen MR) is 107 cm³/mol. The van der Waals surface area contributed by atoms with E-state index in [0.29, 0.717) is 16.5 Å². The van der Waals surface area contributed by atoms with Crippen molar-refractivity contribution in [3.63, 3.8) is 0 Å². The molecule has 0 spiro atoms. The Morgan fingerprint density at radius 2 is 1.68 bits per heavy atom. The number of anilines is 1. The second kappa shape index (κ2) is 7.60. The summed E-state index contributed by atoms with van der Waals surface area (Å²) in [5, 5.41) is 24.0. The third-order valence-corrected chi connectivity index (χ3v) is 4.51. The highest BCUT2D eigenvalue weighted by Crippen LogP contribution is 2.35. The van der Waals surface area contributed by atoms with Crippen molar-refractivity contribution in [3.05, 3.63) is 65.2 Å². The number of carbonyl (C=O) groups is 2. The number of aromatic hydroxyl groups is 2. The van der Waals surface area contributed by atoms with Crippen LogP contribution < -0.4 is 5.32 Å². The zero-order chi connectivity index (χ0) is 20.4. The molecule has 3 N–H and O–H groups in total. The third-order valence-electron chi connectivity index (χ3n) is 4.51. The first-order valence-corrected chi connectivity index (χ1v) is 8.80. The number of benzene rings is 3. The summed E-state index contributed by atoms with van der Waals surface area (Å²) in [5.74, 6) is -1.86. The van der Waals surface area contributed by atoms with Gasteiger partial charge in [0, 0.05) is 16.5 Å². The van der Waals surface area contributed by atoms with Gasteiger partial charge < -0.3 is 20.3 Å². The van der Waals surface area contributed by atoms with Crippen molar-refractivity contribution in [1.29, 1.82) is 0 Å². The summed E-state index contributed by atoms with van der Waals surface area (Å²) >= 11 is 0. The van der Waals surface area contributed by atoms with Crippen LogP contribution in [0.15, 0.2) is 48.5 Å². The van der Waals surface area contributed by atoms with Crippen molar-refractivity contribution < 1.29 is 24.5 Å². The fourth-order valence-corrected chi connectivity index (χ4v) is 2.96. The molecule has 0 aromatic heterocycles. The number of hydrogen-bond donors (Lipinski definition) is 3. The maximum atomic E-state index is 12.5. The van der Waals surface area contributed by atoms with Crippen molar-refractivity contribution >= 4 is 28.3 Å². The molecule has 0 aliphatic heterocycles. The van der Waals surface area contributed by atoms with E-state index in [-0.39, 0.29) is 17.1 Å². The third kappa shape index (κ3) is 3.76. The summed E-state index contributed by atoms with van der Waals surface area (Å²) in [5.41, 5.74) is 2.39. The molecule has 0 saturated carbocycles. The average molecular weight is 379 g/mol. The van der Waals surface area contributed by atoms with Gasteiger partial charge in [0.1, 0.15) is 17.1 Å². The number of phenols is 2. The fourth-order valence-electron chi connectivity index (χ4n) is 2.96. The van der Waals surface area contributed by atoms with Crippen LogP contribution in [-0.4, -0.2) is 28.2 Å². The summed E-state index contributed by atoms with van der Waals surface area (Å²) in [6, 6.07) is 13.3. The lowest BCUT2D eigenvalue weighted by atomic mass is 10.0. The SMILES string of the molecule is Cc1ccc(NC(=O)[C@@H](C)OC(=O)c2cc(O)c3ccccc3c2O)c(C)c1. The van der Waals surface area contributed by atoms with E-state index in [0.717, 1.165) is 17.2 Å². The van der Waals surface area contributed by atoms with Crippen LogP contribution in [0, 0.1) is 13.8 Å². The number of nitrogens with one attached hydrogen (secondary N) is 1. The van der Waals surface area contributed by atoms with Crippen molar-refractivity contribution in [3.8, 4) is 11.5 Å². The van der Waals surface area contributed by atoms with Crippen LogP contribution in [-0.2, 0) is 9.53 Å². The van der Waals surface area contributed by atoms with Gasteiger partial charge in [0.2, 0.25) is 0 Å². The van der Waals surface area contributed by atoms with Crippen LogP contribution in [0.25, 0.3) is 10.8 Å². The molecule has 6 nitrogen and oxygen atoms in total. The average Bonchev–Trinajstić information content (AvgIpc) is 2.66. The Morgan fingerprint density at radius 1 is 1.00 bits per heavy atom. The van der Waals surface area contributed by atoms with Gasteiger partial charge in [-0.3, -0.25) is 4.79 Å². The number of phenolic OH excluding ortho intramolecular Hbond substituents is 2. The summed E-state index contributed by atoms with van der Waals surface area (Å²) in [6.45, 7) is 5.26. The van der Waals surface area contributed by atoms with Gasteiger partial charge in [0.05, 0.1) is 0 Å². The van der Waals surface area contributed by atoms with E-state index < -0.39 is 18.0 Å². The number of ether oxygens (including phenoxy) is 1. The monoisotopic (exact) mass is 379 g/mol. The Morgan fingerprint density at radius 3 is 2.36 bits per heavy atom. The minimum absolute atomic E-state index is 0.160. The number of hydrogen-bond acceptors (Lipinski definition) is 5. The van der Waals surface area contributed by atoms with E-state index in [4.69, 9.17) is 4.74 Å². The molecule has 0 bridgehead atoms. The van der Waals surface area contributed by atoms with E-state index in [1.54, 1.807) is 30.3 Å². The molecule has 3 aromatic carbocycles. The van der Waals surface area contributed by atoms with E-state index >= 15 is 0 Å². The second-order valence-corrected chi connectivity index (χ2v) is 6.69. The van der Waals surface area contributed by atoms with Crippen molar-refractivity contribution in [1.82, 2.24) is 0 Å². The molecule has 1 atom stereocenters. The molecule has 144 valence electrons. The van der Waals surface area contributed by atoms with Gasteiger partial charge in [-0.1, -0.05) is 42.0 Å².